The van der Waals surface area contributed by atoms with E-state index in [0.29, 0.717) is 22.3 Å². The molecule has 0 aliphatic carbocycles. The van der Waals surface area contributed by atoms with Crippen molar-refractivity contribution in [2.75, 3.05) is 6.54 Å². The molecule has 2 nitrogen and oxygen atoms in total. The van der Waals surface area contributed by atoms with E-state index < -0.39 is 0 Å². The molecule has 0 heterocycles. The van der Waals surface area contributed by atoms with E-state index in [9.17, 15) is 0 Å². The van der Waals surface area contributed by atoms with Crippen molar-refractivity contribution in [2.24, 2.45) is 10.2 Å². The number of halogens is 3. The normalized spacial score (nSPS) is 12.3. The van der Waals surface area contributed by atoms with Gasteiger partial charge in [-0.15, -0.1) is 11.6 Å². The second kappa shape index (κ2) is 5.15. The third-order valence-electron chi connectivity index (χ3n) is 1.53. The van der Waals surface area contributed by atoms with Crippen molar-refractivity contribution in [2.45, 2.75) is 18.7 Å². The molecule has 0 atom stereocenters. The summed E-state index contributed by atoms with van der Waals surface area (Å²) in [4.78, 5) is -0.387. The Bertz CT molecular complexity index is 369. The molecular weight excluding hydrogens is 254 g/mol. The molecule has 0 aliphatic rings. The highest BCUT2D eigenvalue weighted by Crippen LogP contribution is 2.28. The molecule has 0 bridgehead atoms. The van der Waals surface area contributed by atoms with Crippen molar-refractivity contribution in [3.8, 4) is 0 Å². The summed E-state index contributed by atoms with van der Waals surface area (Å²) >= 11 is 17.6. The van der Waals surface area contributed by atoms with Crippen molar-refractivity contribution < 1.29 is 0 Å². The first kappa shape index (κ1) is 12.8. The molecule has 0 radical (unpaired) electrons. The second-order valence-corrected chi connectivity index (χ2v) is 5.58. The summed E-state index contributed by atoms with van der Waals surface area (Å²) in [5.74, 6) is 0. The average Bonchev–Trinajstić information content (AvgIpc) is 2.07. The Labute approximate surface area is 104 Å². The monoisotopic (exact) mass is 264 g/mol. The quantitative estimate of drug-likeness (QED) is 0.537. The minimum Gasteiger partial charge on any atom is -0.187 e. The van der Waals surface area contributed by atoms with Crippen LogP contribution in [0.15, 0.2) is 28.4 Å². The smallest absolute Gasteiger partial charge is 0.104 e. The molecule has 15 heavy (non-hydrogen) atoms. The van der Waals surface area contributed by atoms with E-state index in [4.69, 9.17) is 34.8 Å². The molecule has 1 rings (SSSR count). The largest absolute Gasteiger partial charge is 0.187 e. The Morgan fingerprint density at radius 1 is 1.27 bits per heavy atom. The maximum atomic E-state index is 5.96. The standard InChI is InChI=1S/C10H11Cl3N2/c1-10(2,13)6-14-15-9-4-3-7(11)5-8(9)12/h3-5H,6H2,1-2H3. The van der Waals surface area contributed by atoms with E-state index in [1.54, 1.807) is 18.2 Å². The van der Waals surface area contributed by atoms with Gasteiger partial charge in [-0.1, -0.05) is 23.2 Å². The summed E-state index contributed by atoms with van der Waals surface area (Å²) in [5.41, 5.74) is 0.599. The molecule has 0 spiro atoms. The highest BCUT2D eigenvalue weighted by Gasteiger charge is 2.11. The molecule has 0 N–H and O–H groups in total. The van der Waals surface area contributed by atoms with Crippen LogP contribution in [-0.4, -0.2) is 11.4 Å². The molecule has 0 fully saturated rings. The average molecular weight is 266 g/mol. The molecule has 0 aliphatic heterocycles. The molecular formula is C10H11Cl3N2. The summed E-state index contributed by atoms with van der Waals surface area (Å²) in [6.45, 7) is 4.18. The van der Waals surface area contributed by atoms with Gasteiger partial charge in [0.1, 0.15) is 5.69 Å². The lowest BCUT2D eigenvalue weighted by molar-refractivity contribution is 0.690. The number of alkyl halides is 1. The third kappa shape index (κ3) is 4.83. The Morgan fingerprint density at radius 2 is 1.93 bits per heavy atom. The van der Waals surface area contributed by atoms with Gasteiger partial charge in [0.2, 0.25) is 0 Å². The van der Waals surface area contributed by atoms with Gasteiger partial charge in [0.05, 0.1) is 16.4 Å². The van der Waals surface area contributed by atoms with Crippen molar-refractivity contribution in [1.82, 2.24) is 0 Å². The summed E-state index contributed by atoms with van der Waals surface area (Å²) in [6, 6.07) is 5.06. The van der Waals surface area contributed by atoms with Gasteiger partial charge >= 0.3 is 0 Å². The van der Waals surface area contributed by atoms with E-state index in [0.717, 1.165) is 0 Å². The summed E-state index contributed by atoms with van der Waals surface area (Å²) in [5, 5.41) is 9.02. The first-order valence-corrected chi connectivity index (χ1v) is 5.53. The van der Waals surface area contributed by atoms with Crippen LogP contribution in [0.1, 0.15) is 13.8 Å². The van der Waals surface area contributed by atoms with Gasteiger partial charge in [0.15, 0.2) is 0 Å². The van der Waals surface area contributed by atoms with Crippen LogP contribution < -0.4 is 0 Å². The molecule has 0 saturated heterocycles. The van der Waals surface area contributed by atoms with Crippen molar-refractivity contribution in [1.29, 1.82) is 0 Å². The minimum absolute atomic E-state index is 0.387. The molecule has 82 valence electrons. The zero-order valence-corrected chi connectivity index (χ0v) is 10.7. The molecule has 0 aromatic heterocycles. The van der Waals surface area contributed by atoms with Crippen LogP contribution in [0.2, 0.25) is 10.0 Å². The van der Waals surface area contributed by atoms with Crippen LogP contribution in [0.25, 0.3) is 0 Å². The summed E-state index contributed by atoms with van der Waals surface area (Å²) < 4.78 is 0. The Hall–Kier alpha value is -0.310. The third-order valence-corrected chi connectivity index (χ3v) is 2.19. The van der Waals surface area contributed by atoms with E-state index >= 15 is 0 Å². The Morgan fingerprint density at radius 3 is 2.47 bits per heavy atom. The first-order valence-electron chi connectivity index (χ1n) is 4.40. The maximum absolute atomic E-state index is 5.96. The number of rotatable bonds is 3. The van der Waals surface area contributed by atoms with Crippen LogP contribution in [0.5, 0.6) is 0 Å². The lowest BCUT2D eigenvalue weighted by atomic mass is 10.2. The zero-order valence-electron chi connectivity index (χ0n) is 8.47. The van der Waals surface area contributed by atoms with E-state index in [-0.39, 0.29) is 4.87 Å². The molecule has 5 heteroatoms. The molecule has 1 aromatic carbocycles. The number of hydrogen-bond acceptors (Lipinski definition) is 2. The number of azo groups is 1. The summed E-state index contributed by atoms with van der Waals surface area (Å²) in [6.07, 6.45) is 0. The molecule has 0 unspecified atom stereocenters. The fraction of sp³-hybridized carbons (Fsp3) is 0.400. The van der Waals surface area contributed by atoms with Crippen molar-refractivity contribution in [3.63, 3.8) is 0 Å². The second-order valence-electron chi connectivity index (χ2n) is 3.71. The SMILES string of the molecule is CC(C)(Cl)CN=Nc1ccc(Cl)cc1Cl. The predicted molar refractivity (Wildman–Crippen MR) is 65.8 cm³/mol. The van der Waals surface area contributed by atoms with Crippen molar-refractivity contribution >= 4 is 40.5 Å². The first-order chi connectivity index (χ1) is 6.88. The van der Waals surface area contributed by atoms with Gasteiger partial charge in [-0.05, 0) is 32.0 Å². The number of nitrogens with zero attached hydrogens (tertiary/aromatic N) is 2. The van der Waals surface area contributed by atoms with Crippen LogP contribution in [0.3, 0.4) is 0 Å². The van der Waals surface area contributed by atoms with Gasteiger partial charge in [0.25, 0.3) is 0 Å². The van der Waals surface area contributed by atoms with Gasteiger partial charge in [0, 0.05) is 5.02 Å². The van der Waals surface area contributed by atoms with Gasteiger partial charge in [-0.3, -0.25) is 0 Å². The number of hydrogen-bond donors (Lipinski definition) is 0. The van der Waals surface area contributed by atoms with Crippen LogP contribution in [0.4, 0.5) is 5.69 Å². The lowest BCUT2D eigenvalue weighted by Crippen LogP contribution is -2.13. The highest BCUT2D eigenvalue weighted by molar-refractivity contribution is 6.36. The molecule has 0 amide bonds. The topological polar surface area (TPSA) is 24.7 Å². The minimum atomic E-state index is -0.387. The highest BCUT2D eigenvalue weighted by atomic mass is 35.5. The number of benzene rings is 1. The van der Waals surface area contributed by atoms with Gasteiger partial charge in [-0.2, -0.15) is 10.2 Å². The van der Waals surface area contributed by atoms with Crippen LogP contribution >= 0.6 is 34.8 Å². The van der Waals surface area contributed by atoms with Crippen molar-refractivity contribution in [3.05, 3.63) is 28.2 Å². The van der Waals surface area contributed by atoms with E-state index in [1.165, 1.54) is 0 Å². The van der Waals surface area contributed by atoms with Crippen LogP contribution in [-0.2, 0) is 0 Å². The maximum Gasteiger partial charge on any atom is 0.104 e. The Balaban J connectivity index is 2.73. The van der Waals surface area contributed by atoms with E-state index in [1.807, 2.05) is 13.8 Å². The summed E-state index contributed by atoms with van der Waals surface area (Å²) in [7, 11) is 0. The predicted octanol–water partition coefficient (Wildman–Crippen LogP) is 5.09. The Kier molecular flexibility index (Phi) is 4.38. The molecule has 1 aromatic rings. The van der Waals surface area contributed by atoms with Gasteiger partial charge in [-0.25, -0.2) is 0 Å². The van der Waals surface area contributed by atoms with E-state index in [2.05, 4.69) is 10.2 Å². The fourth-order valence-corrected chi connectivity index (χ4v) is 1.34. The lowest BCUT2D eigenvalue weighted by Gasteiger charge is -2.09. The zero-order chi connectivity index (χ0) is 11.5. The molecule has 0 saturated carbocycles. The van der Waals surface area contributed by atoms with Crippen LogP contribution in [0, 0.1) is 0 Å². The van der Waals surface area contributed by atoms with Gasteiger partial charge < -0.3 is 0 Å². The fourth-order valence-electron chi connectivity index (χ4n) is 0.842.